The van der Waals surface area contributed by atoms with E-state index in [0.717, 1.165) is 46.5 Å². The van der Waals surface area contributed by atoms with E-state index in [2.05, 4.69) is 15.4 Å². The predicted molar refractivity (Wildman–Crippen MR) is 145 cm³/mol. The molecule has 2 bridgehead atoms. The number of hydrogen-bond acceptors (Lipinski definition) is 6. The second-order valence-corrected chi connectivity index (χ2v) is 13.4. The SMILES string of the molecule is Cc1cc(CC(=O)Nc2cnn(C34CC(C3)C4)c2)ccc1Oc1ccnc2ccc(S(=N)(=O)C3CC3)cc12. The highest BCUT2D eigenvalue weighted by molar-refractivity contribution is 7.93. The second-order valence-electron chi connectivity index (χ2n) is 11.1. The van der Waals surface area contributed by atoms with Gasteiger partial charge in [0.05, 0.1) is 39.1 Å². The van der Waals surface area contributed by atoms with Crippen LogP contribution in [0, 0.1) is 17.6 Å². The van der Waals surface area contributed by atoms with E-state index < -0.39 is 9.73 Å². The summed E-state index contributed by atoms with van der Waals surface area (Å²) in [5.41, 5.74) is 3.45. The zero-order valence-corrected chi connectivity index (χ0v) is 22.0. The lowest BCUT2D eigenvalue weighted by atomic mass is 9.50. The van der Waals surface area contributed by atoms with Crippen molar-refractivity contribution in [2.45, 2.75) is 61.1 Å². The highest BCUT2D eigenvalue weighted by atomic mass is 32.2. The first kappa shape index (κ1) is 23.4. The van der Waals surface area contributed by atoms with Crippen molar-refractivity contribution in [2.75, 3.05) is 5.32 Å². The van der Waals surface area contributed by atoms with Gasteiger partial charge in [0.25, 0.3) is 0 Å². The van der Waals surface area contributed by atoms with E-state index in [-0.39, 0.29) is 23.1 Å². The third-order valence-corrected chi connectivity index (χ3v) is 10.6. The van der Waals surface area contributed by atoms with Crippen LogP contribution in [-0.2, 0) is 26.5 Å². The number of amides is 1. The Morgan fingerprint density at radius 3 is 2.68 bits per heavy atom. The molecule has 4 fully saturated rings. The van der Waals surface area contributed by atoms with Gasteiger partial charge in [-0.25, -0.2) is 8.99 Å². The minimum Gasteiger partial charge on any atom is -0.456 e. The van der Waals surface area contributed by atoms with E-state index in [1.165, 1.54) is 19.3 Å². The summed E-state index contributed by atoms with van der Waals surface area (Å²) in [6.45, 7) is 1.95. The van der Waals surface area contributed by atoms with Crippen molar-refractivity contribution in [3.8, 4) is 11.5 Å². The molecule has 4 aromatic rings. The summed E-state index contributed by atoms with van der Waals surface area (Å²) in [6.07, 6.45) is 10.9. The minimum atomic E-state index is -2.82. The molecule has 2 N–H and O–H groups in total. The molecule has 0 radical (unpaired) electrons. The predicted octanol–water partition coefficient (Wildman–Crippen LogP) is 5.79. The largest absolute Gasteiger partial charge is 0.456 e. The number of fused-ring (bicyclic) bond motifs is 1. The fraction of sp³-hybridized carbons (Fsp3) is 0.345. The molecule has 9 heteroatoms. The molecule has 2 heterocycles. The molecule has 0 aliphatic heterocycles. The minimum absolute atomic E-state index is 0.0582. The van der Waals surface area contributed by atoms with Gasteiger partial charge in [0.2, 0.25) is 5.91 Å². The van der Waals surface area contributed by atoms with Gasteiger partial charge in [-0.3, -0.25) is 14.5 Å². The van der Waals surface area contributed by atoms with Crippen LogP contribution in [0.15, 0.2) is 66.0 Å². The van der Waals surface area contributed by atoms with Gasteiger partial charge in [0, 0.05) is 27.9 Å². The van der Waals surface area contributed by atoms with Crippen LogP contribution < -0.4 is 10.1 Å². The van der Waals surface area contributed by atoms with Crippen LogP contribution in [0.2, 0.25) is 0 Å². The first-order valence-corrected chi connectivity index (χ1v) is 14.7. The molecule has 1 unspecified atom stereocenters. The Kier molecular flexibility index (Phi) is 5.17. The number of aryl methyl sites for hydroxylation is 1. The monoisotopic (exact) mass is 527 g/mol. The molecule has 8 rings (SSSR count). The number of ether oxygens (including phenoxy) is 1. The lowest BCUT2D eigenvalue weighted by molar-refractivity contribution is -0.115. The molecule has 1 amide bonds. The summed E-state index contributed by atoms with van der Waals surface area (Å²) in [6, 6.07) is 12.8. The Morgan fingerprint density at radius 2 is 1.97 bits per heavy atom. The molecule has 0 saturated heterocycles. The van der Waals surface area contributed by atoms with E-state index in [0.29, 0.717) is 16.4 Å². The maximum absolute atomic E-state index is 13.0. The van der Waals surface area contributed by atoms with Gasteiger partial charge in [-0.2, -0.15) is 5.10 Å². The van der Waals surface area contributed by atoms with Crippen molar-refractivity contribution < 1.29 is 13.7 Å². The van der Waals surface area contributed by atoms with E-state index in [9.17, 15) is 9.00 Å². The number of aromatic nitrogens is 3. The number of nitrogens with one attached hydrogen (secondary N) is 2. The van der Waals surface area contributed by atoms with E-state index >= 15 is 0 Å². The fourth-order valence-electron chi connectivity index (χ4n) is 5.78. The first-order valence-electron chi connectivity index (χ1n) is 13.1. The van der Waals surface area contributed by atoms with E-state index in [1.54, 1.807) is 36.7 Å². The molecule has 38 heavy (non-hydrogen) atoms. The van der Waals surface area contributed by atoms with Crippen molar-refractivity contribution in [1.29, 1.82) is 4.78 Å². The zero-order chi connectivity index (χ0) is 26.1. The molecule has 4 saturated carbocycles. The highest BCUT2D eigenvalue weighted by Gasteiger charge is 2.58. The van der Waals surface area contributed by atoms with Gasteiger partial charge in [-0.05, 0) is 86.4 Å². The maximum Gasteiger partial charge on any atom is 0.228 e. The van der Waals surface area contributed by atoms with Crippen LogP contribution in [0.4, 0.5) is 5.69 Å². The maximum atomic E-state index is 13.0. The zero-order valence-electron chi connectivity index (χ0n) is 21.1. The van der Waals surface area contributed by atoms with Crippen molar-refractivity contribution >= 4 is 32.2 Å². The number of carbonyl (C=O) groups is 1. The van der Waals surface area contributed by atoms with Crippen molar-refractivity contribution in [2.24, 2.45) is 5.92 Å². The summed E-state index contributed by atoms with van der Waals surface area (Å²) in [5.74, 6) is 2.05. The van der Waals surface area contributed by atoms with E-state index in [4.69, 9.17) is 9.52 Å². The number of carbonyl (C=O) groups excluding carboxylic acids is 1. The normalized spacial score (nSPS) is 23.2. The quantitative estimate of drug-likeness (QED) is 0.301. The fourth-order valence-corrected chi connectivity index (χ4v) is 7.52. The highest BCUT2D eigenvalue weighted by Crippen LogP contribution is 2.62. The second kappa shape index (κ2) is 8.39. The van der Waals surface area contributed by atoms with Gasteiger partial charge in [-0.1, -0.05) is 12.1 Å². The Balaban J connectivity index is 1.06. The molecule has 2 aromatic carbocycles. The molecule has 194 valence electrons. The van der Waals surface area contributed by atoms with E-state index in [1.807, 2.05) is 36.0 Å². The Labute approximate surface area is 221 Å². The van der Waals surface area contributed by atoms with Crippen LogP contribution in [0.3, 0.4) is 0 Å². The molecule has 0 spiro atoms. The number of rotatable bonds is 8. The van der Waals surface area contributed by atoms with Gasteiger partial charge in [-0.15, -0.1) is 0 Å². The lowest BCUT2D eigenvalue weighted by Gasteiger charge is -2.61. The first-order chi connectivity index (χ1) is 18.3. The molecule has 2 aromatic heterocycles. The van der Waals surface area contributed by atoms with Crippen LogP contribution >= 0.6 is 0 Å². The third kappa shape index (κ3) is 3.96. The van der Waals surface area contributed by atoms with Gasteiger partial charge in [0.1, 0.15) is 11.5 Å². The van der Waals surface area contributed by atoms with Crippen LogP contribution in [0.1, 0.15) is 43.2 Å². The number of nitrogens with zero attached hydrogens (tertiary/aromatic N) is 3. The summed E-state index contributed by atoms with van der Waals surface area (Å²) >= 11 is 0. The van der Waals surface area contributed by atoms with Crippen LogP contribution in [0.25, 0.3) is 10.9 Å². The number of hydrogen-bond donors (Lipinski definition) is 2. The van der Waals surface area contributed by atoms with Crippen molar-refractivity contribution in [3.63, 3.8) is 0 Å². The topological polar surface area (TPSA) is 110 Å². The average molecular weight is 528 g/mol. The summed E-state index contributed by atoms with van der Waals surface area (Å²) in [7, 11) is -2.82. The average Bonchev–Trinajstić information content (AvgIpc) is 3.60. The summed E-state index contributed by atoms with van der Waals surface area (Å²) in [5, 5.41) is 8.12. The molecule has 8 nitrogen and oxygen atoms in total. The van der Waals surface area contributed by atoms with Gasteiger partial charge < -0.3 is 10.1 Å². The summed E-state index contributed by atoms with van der Waals surface area (Å²) < 4.78 is 29.7. The van der Waals surface area contributed by atoms with Crippen LogP contribution in [0.5, 0.6) is 11.5 Å². The smallest absolute Gasteiger partial charge is 0.228 e. The van der Waals surface area contributed by atoms with Crippen molar-refractivity contribution in [1.82, 2.24) is 14.8 Å². The standard InChI is InChI=1S/C29H29N5O3S/c1-18-10-19(11-28(35)33-21-16-32-34(17-21)29-13-20(14-29)15-29)2-7-26(18)37-27-8-9-31-25-6-5-23(12-24(25)27)38(30,36)22-3-4-22/h2,5-10,12,16-17,20,22,30H,3-4,11,13-15H2,1H3,(H,33,35). The molecular formula is C29H29N5O3S. The molecule has 1 atom stereocenters. The Morgan fingerprint density at radius 1 is 1.16 bits per heavy atom. The van der Waals surface area contributed by atoms with Gasteiger partial charge in [0.15, 0.2) is 0 Å². The number of pyridine rings is 1. The summed E-state index contributed by atoms with van der Waals surface area (Å²) in [4.78, 5) is 17.6. The van der Waals surface area contributed by atoms with Crippen molar-refractivity contribution in [3.05, 3.63) is 72.2 Å². The van der Waals surface area contributed by atoms with Crippen LogP contribution in [-0.4, -0.2) is 30.1 Å². The van der Waals surface area contributed by atoms with Gasteiger partial charge >= 0.3 is 0 Å². The lowest BCUT2D eigenvalue weighted by Crippen LogP contribution is -2.59. The Bertz CT molecular complexity index is 1690. The number of benzene rings is 2. The third-order valence-electron chi connectivity index (χ3n) is 8.20. The number of anilines is 1. The Hall–Kier alpha value is -3.72. The molecule has 4 aliphatic carbocycles. The molecular weight excluding hydrogens is 498 g/mol. The molecule has 4 aliphatic rings.